The Morgan fingerprint density at radius 3 is 3.00 bits per heavy atom. The minimum Gasteiger partial charge on any atom is -0.312 e. The Bertz CT molecular complexity index is 674. The van der Waals surface area contributed by atoms with E-state index in [1.807, 2.05) is 6.07 Å². The summed E-state index contributed by atoms with van der Waals surface area (Å²) in [5.74, 6) is 0. The number of fused-ring (bicyclic) bond motifs is 1. The first-order valence-corrected chi connectivity index (χ1v) is 9.01. The van der Waals surface area contributed by atoms with Gasteiger partial charge in [0.25, 0.3) is 0 Å². The number of H-pyrrole nitrogens is 1. The van der Waals surface area contributed by atoms with E-state index in [0.717, 1.165) is 29.2 Å². The van der Waals surface area contributed by atoms with Gasteiger partial charge in [0, 0.05) is 6.04 Å². The standard InChI is InChI=1S/C17H25N3OS/c1-12(18-14-7-8-14)20(2)10-4-3-5-13-6-9-15-16(11-13)22-17(21)19-15/h6,9,11-12,14,18H,3-5,7-8,10H2,1-2H3,(H,19,21). The Morgan fingerprint density at radius 1 is 1.41 bits per heavy atom. The molecule has 120 valence electrons. The van der Waals surface area contributed by atoms with E-state index in [4.69, 9.17) is 0 Å². The molecule has 0 spiro atoms. The fourth-order valence-corrected chi connectivity index (χ4v) is 3.55. The molecular formula is C17H25N3OS. The molecule has 5 heteroatoms. The Kier molecular flexibility index (Phi) is 4.96. The lowest BCUT2D eigenvalue weighted by atomic mass is 10.1. The van der Waals surface area contributed by atoms with Crippen molar-refractivity contribution < 1.29 is 0 Å². The molecule has 1 aliphatic rings. The number of nitrogens with zero attached hydrogens (tertiary/aromatic N) is 1. The Labute approximate surface area is 135 Å². The first-order chi connectivity index (χ1) is 10.6. The second-order valence-corrected chi connectivity index (χ2v) is 7.41. The Hall–Kier alpha value is -1.17. The van der Waals surface area contributed by atoms with E-state index in [0.29, 0.717) is 6.17 Å². The summed E-state index contributed by atoms with van der Waals surface area (Å²) in [6, 6.07) is 7.07. The van der Waals surface area contributed by atoms with Crippen LogP contribution in [-0.4, -0.2) is 35.7 Å². The van der Waals surface area contributed by atoms with Gasteiger partial charge in [0.05, 0.1) is 16.4 Å². The van der Waals surface area contributed by atoms with Crippen LogP contribution in [0.5, 0.6) is 0 Å². The lowest BCUT2D eigenvalue weighted by Crippen LogP contribution is -2.42. The molecule has 1 aromatic carbocycles. The molecule has 22 heavy (non-hydrogen) atoms. The van der Waals surface area contributed by atoms with Gasteiger partial charge >= 0.3 is 4.87 Å². The summed E-state index contributed by atoms with van der Waals surface area (Å²) in [7, 11) is 2.20. The van der Waals surface area contributed by atoms with Crippen molar-refractivity contribution in [3.05, 3.63) is 33.4 Å². The van der Waals surface area contributed by atoms with Gasteiger partial charge in [-0.2, -0.15) is 0 Å². The molecule has 0 radical (unpaired) electrons. The van der Waals surface area contributed by atoms with E-state index in [1.165, 1.54) is 42.6 Å². The maximum atomic E-state index is 11.3. The minimum atomic E-state index is 0.0333. The highest BCUT2D eigenvalue weighted by Gasteiger charge is 2.23. The molecule has 1 aromatic heterocycles. The molecule has 0 saturated heterocycles. The number of rotatable bonds is 8. The fraction of sp³-hybridized carbons (Fsp3) is 0.588. The van der Waals surface area contributed by atoms with Crippen molar-refractivity contribution in [2.75, 3.05) is 13.6 Å². The quantitative estimate of drug-likeness (QED) is 0.581. The largest absolute Gasteiger partial charge is 0.312 e. The summed E-state index contributed by atoms with van der Waals surface area (Å²) in [6.07, 6.45) is 6.62. The zero-order valence-electron chi connectivity index (χ0n) is 13.4. The molecule has 1 unspecified atom stereocenters. The maximum Gasteiger partial charge on any atom is 0.305 e. The molecule has 1 aliphatic carbocycles. The monoisotopic (exact) mass is 319 g/mol. The second kappa shape index (κ2) is 6.94. The molecule has 2 N–H and O–H groups in total. The highest BCUT2D eigenvalue weighted by atomic mass is 32.1. The number of nitrogens with one attached hydrogen (secondary N) is 2. The summed E-state index contributed by atoms with van der Waals surface area (Å²) >= 11 is 1.30. The van der Waals surface area contributed by atoms with Crippen molar-refractivity contribution in [3.63, 3.8) is 0 Å². The van der Waals surface area contributed by atoms with Crippen molar-refractivity contribution in [1.29, 1.82) is 0 Å². The van der Waals surface area contributed by atoms with Gasteiger partial charge in [0.15, 0.2) is 0 Å². The Balaban J connectivity index is 1.42. The van der Waals surface area contributed by atoms with Crippen molar-refractivity contribution in [3.8, 4) is 0 Å². The minimum absolute atomic E-state index is 0.0333. The number of thiazole rings is 1. The molecule has 0 bridgehead atoms. The molecule has 1 heterocycles. The van der Waals surface area contributed by atoms with E-state index in [-0.39, 0.29) is 4.87 Å². The lowest BCUT2D eigenvalue weighted by molar-refractivity contribution is 0.214. The summed E-state index contributed by atoms with van der Waals surface area (Å²) in [4.78, 5) is 16.6. The van der Waals surface area contributed by atoms with Crippen LogP contribution in [0.15, 0.2) is 23.0 Å². The molecule has 1 atom stereocenters. The summed E-state index contributed by atoms with van der Waals surface area (Å²) in [5, 5.41) is 3.63. The van der Waals surface area contributed by atoms with Gasteiger partial charge < -0.3 is 4.98 Å². The molecular weight excluding hydrogens is 294 g/mol. The molecule has 1 fully saturated rings. The van der Waals surface area contributed by atoms with Gasteiger partial charge in [-0.15, -0.1) is 0 Å². The van der Waals surface area contributed by atoms with Crippen LogP contribution < -0.4 is 10.2 Å². The van der Waals surface area contributed by atoms with Crippen LogP contribution in [0.2, 0.25) is 0 Å². The number of hydrogen-bond donors (Lipinski definition) is 2. The second-order valence-electron chi connectivity index (χ2n) is 6.40. The number of aromatic amines is 1. The van der Waals surface area contributed by atoms with E-state index in [2.05, 4.69) is 41.3 Å². The summed E-state index contributed by atoms with van der Waals surface area (Å²) < 4.78 is 1.07. The summed E-state index contributed by atoms with van der Waals surface area (Å²) in [6.45, 7) is 3.38. The van der Waals surface area contributed by atoms with Gasteiger partial charge in [-0.3, -0.25) is 15.0 Å². The zero-order valence-corrected chi connectivity index (χ0v) is 14.2. The van der Waals surface area contributed by atoms with E-state index < -0.39 is 0 Å². The van der Waals surface area contributed by atoms with E-state index in [1.54, 1.807) is 0 Å². The molecule has 4 nitrogen and oxygen atoms in total. The number of unbranched alkanes of at least 4 members (excludes halogenated alkanes) is 1. The molecule has 3 rings (SSSR count). The van der Waals surface area contributed by atoms with Crippen molar-refractivity contribution in [2.24, 2.45) is 0 Å². The molecule has 1 saturated carbocycles. The van der Waals surface area contributed by atoms with Gasteiger partial charge in [-0.25, -0.2) is 0 Å². The summed E-state index contributed by atoms with van der Waals surface area (Å²) in [5.41, 5.74) is 2.29. The van der Waals surface area contributed by atoms with Gasteiger partial charge in [-0.05, 0) is 70.3 Å². The normalized spacial score (nSPS) is 16.5. The molecule has 2 aromatic rings. The highest BCUT2D eigenvalue weighted by Crippen LogP contribution is 2.20. The van der Waals surface area contributed by atoms with Crippen LogP contribution in [0.4, 0.5) is 0 Å². The van der Waals surface area contributed by atoms with E-state index >= 15 is 0 Å². The number of benzene rings is 1. The SMILES string of the molecule is CC(NC1CC1)N(C)CCCCc1ccc2[nH]c(=O)sc2c1. The first-order valence-electron chi connectivity index (χ1n) is 8.20. The Morgan fingerprint density at radius 2 is 2.23 bits per heavy atom. The highest BCUT2D eigenvalue weighted by molar-refractivity contribution is 7.16. The zero-order chi connectivity index (χ0) is 15.5. The average Bonchev–Trinajstić information content (AvgIpc) is 3.22. The smallest absolute Gasteiger partial charge is 0.305 e. The van der Waals surface area contributed by atoms with Crippen LogP contribution in [0.25, 0.3) is 10.2 Å². The van der Waals surface area contributed by atoms with Gasteiger partial charge in [-0.1, -0.05) is 17.4 Å². The molecule has 0 aliphatic heterocycles. The van der Waals surface area contributed by atoms with Crippen molar-refractivity contribution in [1.82, 2.24) is 15.2 Å². The number of hydrogen-bond acceptors (Lipinski definition) is 4. The lowest BCUT2D eigenvalue weighted by Gasteiger charge is -2.25. The van der Waals surface area contributed by atoms with Crippen molar-refractivity contribution >= 4 is 21.6 Å². The van der Waals surface area contributed by atoms with Crippen LogP contribution >= 0.6 is 11.3 Å². The third-order valence-electron chi connectivity index (χ3n) is 4.43. The first kappa shape index (κ1) is 15.7. The predicted molar refractivity (Wildman–Crippen MR) is 93.6 cm³/mol. The average molecular weight is 319 g/mol. The molecule has 0 amide bonds. The third-order valence-corrected chi connectivity index (χ3v) is 5.27. The van der Waals surface area contributed by atoms with Crippen LogP contribution in [0.3, 0.4) is 0 Å². The van der Waals surface area contributed by atoms with Crippen LogP contribution in [0, 0.1) is 0 Å². The number of aryl methyl sites for hydroxylation is 1. The third kappa shape index (κ3) is 4.18. The van der Waals surface area contributed by atoms with Gasteiger partial charge in [0.2, 0.25) is 0 Å². The topological polar surface area (TPSA) is 48.1 Å². The van der Waals surface area contributed by atoms with Crippen LogP contribution in [0.1, 0.15) is 38.2 Å². The van der Waals surface area contributed by atoms with Gasteiger partial charge in [0.1, 0.15) is 0 Å². The van der Waals surface area contributed by atoms with E-state index in [9.17, 15) is 4.79 Å². The van der Waals surface area contributed by atoms with Crippen molar-refractivity contribution in [2.45, 2.75) is 51.2 Å². The van der Waals surface area contributed by atoms with Crippen LogP contribution in [-0.2, 0) is 6.42 Å². The predicted octanol–water partition coefficient (Wildman–Crippen LogP) is 2.94. The maximum absolute atomic E-state index is 11.3. The fourth-order valence-electron chi connectivity index (χ4n) is 2.75. The number of aromatic nitrogens is 1.